The summed E-state index contributed by atoms with van der Waals surface area (Å²) in [5, 5.41) is 0.632. The Hall–Kier alpha value is -1.22. The van der Waals surface area contributed by atoms with Gasteiger partial charge >= 0.3 is 5.97 Å². The molecule has 0 spiro atoms. The van der Waals surface area contributed by atoms with E-state index in [1.807, 2.05) is 26.8 Å². The van der Waals surface area contributed by atoms with Crippen molar-refractivity contribution in [2.75, 3.05) is 13.2 Å². The number of halogens is 1. The summed E-state index contributed by atoms with van der Waals surface area (Å²) in [6.07, 6.45) is 2.72. The second-order valence-electron chi connectivity index (χ2n) is 4.94. The van der Waals surface area contributed by atoms with Crippen LogP contribution < -0.4 is 4.74 Å². The van der Waals surface area contributed by atoms with Gasteiger partial charge in [-0.05, 0) is 50.3 Å². The molecule has 0 radical (unpaired) electrons. The predicted molar refractivity (Wildman–Crippen MR) is 86.1 cm³/mol. The van der Waals surface area contributed by atoms with E-state index in [4.69, 9.17) is 21.1 Å². The second kappa shape index (κ2) is 8.93. The van der Waals surface area contributed by atoms with Gasteiger partial charge < -0.3 is 9.47 Å². The molecule has 0 atom stereocenters. The van der Waals surface area contributed by atoms with Crippen molar-refractivity contribution >= 4 is 17.6 Å². The maximum atomic E-state index is 11.5. The van der Waals surface area contributed by atoms with Crippen LogP contribution in [0.4, 0.5) is 0 Å². The molecule has 21 heavy (non-hydrogen) atoms. The monoisotopic (exact) mass is 312 g/mol. The summed E-state index contributed by atoms with van der Waals surface area (Å²) < 4.78 is 10.7. The zero-order valence-electron chi connectivity index (χ0n) is 13.4. The molecule has 0 saturated heterocycles. The highest BCUT2D eigenvalue weighted by molar-refractivity contribution is 6.31. The van der Waals surface area contributed by atoms with E-state index in [-0.39, 0.29) is 12.4 Å². The van der Waals surface area contributed by atoms with Crippen LogP contribution in [-0.4, -0.2) is 19.2 Å². The molecule has 1 aliphatic rings. The molecular weight excluding hydrogens is 288 g/mol. The molecule has 1 saturated carbocycles. The van der Waals surface area contributed by atoms with Crippen LogP contribution in [0.15, 0.2) is 12.1 Å². The summed E-state index contributed by atoms with van der Waals surface area (Å²) >= 11 is 6.18. The van der Waals surface area contributed by atoms with Crippen molar-refractivity contribution in [1.29, 1.82) is 0 Å². The lowest BCUT2D eigenvalue weighted by Crippen LogP contribution is -2.08. The van der Waals surface area contributed by atoms with E-state index in [1.54, 1.807) is 13.0 Å². The Morgan fingerprint density at radius 1 is 1.33 bits per heavy atom. The van der Waals surface area contributed by atoms with Gasteiger partial charge in [-0.3, -0.25) is 4.79 Å². The van der Waals surface area contributed by atoms with Crippen LogP contribution in [0.3, 0.4) is 0 Å². The van der Waals surface area contributed by atoms with Crippen molar-refractivity contribution in [3.63, 3.8) is 0 Å². The largest absolute Gasteiger partial charge is 0.493 e. The van der Waals surface area contributed by atoms with Crippen molar-refractivity contribution < 1.29 is 14.3 Å². The van der Waals surface area contributed by atoms with Crippen LogP contribution in [0.1, 0.15) is 44.7 Å². The second-order valence-corrected chi connectivity index (χ2v) is 5.34. The van der Waals surface area contributed by atoms with Gasteiger partial charge in [-0.15, -0.1) is 0 Å². The zero-order valence-corrected chi connectivity index (χ0v) is 14.1. The standard InChI is InChI=1S/C15H19ClO3.C2H6/c1-3-18-15(17)8-12-6-13(16)10(2)14(7-12)19-9-11-4-5-11;1-2/h6-7,11H,3-5,8-9H2,1-2H3;1-2H3. The number of hydrogen-bond acceptors (Lipinski definition) is 3. The zero-order chi connectivity index (χ0) is 15.8. The number of hydrogen-bond donors (Lipinski definition) is 0. The Balaban J connectivity index is 0.00000106. The van der Waals surface area contributed by atoms with E-state index in [1.165, 1.54) is 12.8 Å². The molecule has 0 bridgehead atoms. The average Bonchev–Trinajstić information content (AvgIpc) is 3.28. The first-order chi connectivity index (χ1) is 10.1. The maximum Gasteiger partial charge on any atom is 0.310 e. The summed E-state index contributed by atoms with van der Waals surface area (Å²) in [5.74, 6) is 1.22. The molecule has 4 heteroatoms. The maximum absolute atomic E-state index is 11.5. The molecule has 2 rings (SSSR count). The third-order valence-corrected chi connectivity index (χ3v) is 3.57. The first-order valence-corrected chi connectivity index (χ1v) is 8.05. The van der Waals surface area contributed by atoms with Gasteiger partial charge in [0.2, 0.25) is 0 Å². The van der Waals surface area contributed by atoms with E-state index in [0.29, 0.717) is 17.5 Å². The first-order valence-electron chi connectivity index (χ1n) is 7.67. The van der Waals surface area contributed by atoms with Gasteiger partial charge in [-0.1, -0.05) is 25.4 Å². The minimum atomic E-state index is -0.240. The summed E-state index contributed by atoms with van der Waals surface area (Å²) in [7, 11) is 0. The summed E-state index contributed by atoms with van der Waals surface area (Å²) in [6.45, 7) is 8.85. The normalized spacial score (nSPS) is 13.2. The van der Waals surface area contributed by atoms with Gasteiger partial charge in [-0.25, -0.2) is 0 Å². The quantitative estimate of drug-likeness (QED) is 0.722. The minimum absolute atomic E-state index is 0.230. The lowest BCUT2D eigenvalue weighted by molar-refractivity contribution is -0.142. The van der Waals surface area contributed by atoms with Crippen molar-refractivity contribution in [2.24, 2.45) is 5.92 Å². The van der Waals surface area contributed by atoms with Gasteiger partial charge in [0, 0.05) is 10.6 Å². The molecule has 0 heterocycles. The minimum Gasteiger partial charge on any atom is -0.493 e. The molecule has 0 aliphatic heterocycles. The van der Waals surface area contributed by atoms with Gasteiger partial charge in [0.25, 0.3) is 0 Å². The topological polar surface area (TPSA) is 35.5 Å². The molecule has 0 unspecified atom stereocenters. The number of benzene rings is 1. The Kier molecular flexibility index (Phi) is 7.58. The number of rotatable bonds is 6. The van der Waals surface area contributed by atoms with Crippen LogP contribution in [-0.2, 0) is 16.0 Å². The van der Waals surface area contributed by atoms with Gasteiger partial charge in [0.05, 0.1) is 19.6 Å². The van der Waals surface area contributed by atoms with Gasteiger partial charge in [-0.2, -0.15) is 0 Å². The Morgan fingerprint density at radius 2 is 2.00 bits per heavy atom. The van der Waals surface area contributed by atoms with Gasteiger partial charge in [0.15, 0.2) is 0 Å². The molecule has 0 aromatic heterocycles. The highest BCUT2D eigenvalue weighted by Crippen LogP contribution is 2.32. The molecule has 1 fully saturated rings. The third-order valence-electron chi connectivity index (χ3n) is 3.18. The van der Waals surface area contributed by atoms with Crippen molar-refractivity contribution in [3.8, 4) is 5.75 Å². The molecule has 3 nitrogen and oxygen atoms in total. The van der Waals surface area contributed by atoms with E-state index in [9.17, 15) is 4.79 Å². The molecule has 0 N–H and O–H groups in total. The number of esters is 1. The fourth-order valence-electron chi connectivity index (χ4n) is 1.83. The van der Waals surface area contributed by atoms with Gasteiger partial charge in [0.1, 0.15) is 5.75 Å². The summed E-state index contributed by atoms with van der Waals surface area (Å²) in [4.78, 5) is 11.5. The fourth-order valence-corrected chi connectivity index (χ4v) is 2.06. The predicted octanol–water partition coefficient (Wildman–Crippen LogP) is 4.57. The molecule has 0 amide bonds. The lowest BCUT2D eigenvalue weighted by Gasteiger charge is -2.12. The molecule has 1 aromatic rings. The van der Waals surface area contributed by atoms with Crippen molar-refractivity contribution in [3.05, 3.63) is 28.3 Å². The molecule has 1 aliphatic carbocycles. The third kappa shape index (κ3) is 5.96. The lowest BCUT2D eigenvalue weighted by atomic mass is 10.1. The SMILES string of the molecule is CC.CCOC(=O)Cc1cc(Cl)c(C)c(OCC2CC2)c1. The Labute approximate surface area is 132 Å². The summed E-state index contributed by atoms with van der Waals surface area (Å²) in [5.41, 5.74) is 1.76. The van der Waals surface area contributed by atoms with Crippen LogP contribution in [0.2, 0.25) is 5.02 Å². The average molecular weight is 313 g/mol. The first kappa shape index (κ1) is 17.8. The fraction of sp³-hybridized carbons (Fsp3) is 0.588. The van der Waals surface area contributed by atoms with Crippen LogP contribution in [0.25, 0.3) is 0 Å². The van der Waals surface area contributed by atoms with Crippen LogP contribution >= 0.6 is 11.6 Å². The Bertz CT molecular complexity index is 467. The summed E-state index contributed by atoms with van der Waals surface area (Å²) in [6, 6.07) is 3.69. The van der Waals surface area contributed by atoms with E-state index in [2.05, 4.69) is 0 Å². The molecule has 1 aromatic carbocycles. The highest BCUT2D eigenvalue weighted by Gasteiger charge is 2.22. The van der Waals surface area contributed by atoms with E-state index < -0.39 is 0 Å². The molecule has 118 valence electrons. The number of carbonyl (C=O) groups is 1. The van der Waals surface area contributed by atoms with Crippen molar-refractivity contribution in [1.82, 2.24) is 0 Å². The number of carbonyl (C=O) groups excluding carboxylic acids is 1. The Morgan fingerprint density at radius 3 is 2.57 bits per heavy atom. The molecular formula is C17H25ClO3. The number of ether oxygens (including phenoxy) is 2. The van der Waals surface area contributed by atoms with E-state index >= 15 is 0 Å². The van der Waals surface area contributed by atoms with E-state index in [0.717, 1.165) is 23.5 Å². The van der Waals surface area contributed by atoms with Crippen LogP contribution in [0, 0.1) is 12.8 Å². The van der Waals surface area contributed by atoms with Crippen molar-refractivity contribution in [2.45, 2.75) is 47.0 Å². The highest BCUT2D eigenvalue weighted by atomic mass is 35.5. The smallest absolute Gasteiger partial charge is 0.310 e. The van der Waals surface area contributed by atoms with Crippen LogP contribution in [0.5, 0.6) is 5.75 Å².